The van der Waals surface area contributed by atoms with E-state index in [9.17, 15) is 18.0 Å². The highest BCUT2D eigenvalue weighted by molar-refractivity contribution is 7.87. The van der Waals surface area contributed by atoms with Crippen LogP contribution in [0.5, 0.6) is 11.5 Å². The van der Waals surface area contributed by atoms with Crippen molar-refractivity contribution in [3.63, 3.8) is 0 Å². The molecule has 0 bridgehead atoms. The van der Waals surface area contributed by atoms with Crippen LogP contribution in [0.4, 0.5) is 0 Å². The average molecular weight is 323 g/mol. The van der Waals surface area contributed by atoms with Crippen LogP contribution >= 0.6 is 11.6 Å². The highest BCUT2D eigenvalue weighted by Crippen LogP contribution is 2.33. The second-order valence-corrected chi connectivity index (χ2v) is 5.58. The van der Waals surface area contributed by atoms with Gasteiger partial charge in [-0.05, 0) is 29.3 Å². The topological polar surface area (TPSA) is 107 Å². The average Bonchev–Trinajstić information content (AvgIpc) is 2.27. The lowest BCUT2D eigenvalue weighted by Crippen LogP contribution is -2.18. The second-order valence-electron chi connectivity index (χ2n) is 3.70. The Morgan fingerprint density at radius 2 is 1.90 bits per heavy atom. The number of hydrogen-bond acceptors (Lipinski definition) is 6. The molecule has 7 nitrogen and oxygen atoms in total. The van der Waals surface area contributed by atoms with E-state index in [0.717, 1.165) is 6.07 Å². The molecule has 110 valence electrons. The molecule has 1 rings (SSSR count). The van der Waals surface area contributed by atoms with E-state index < -0.39 is 26.6 Å². The number of halogens is 1. The van der Waals surface area contributed by atoms with Gasteiger partial charge in [-0.3, -0.25) is 14.1 Å². The summed E-state index contributed by atoms with van der Waals surface area (Å²) in [4.78, 5) is 22.0. The molecule has 0 radical (unpaired) electrons. The van der Waals surface area contributed by atoms with Gasteiger partial charge >= 0.3 is 5.97 Å². The van der Waals surface area contributed by atoms with Crippen molar-refractivity contribution in [2.75, 3.05) is 7.11 Å². The van der Waals surface area contributed by atoms with Gasteiger partial charge in [0.15, 0.2) is 16.7 Å². The van der Waals surface area contributed by atoms with Crippen molar-refractivity contribution >= 4 is 32.9 Å². The van der Waals surface area contributed by atoms with E-state index in [1.54, 1.807) is 0 Å². The van der Waals surface area contributed by atoms with Gasteiger partial charge in [-0.2, -0.15) is 8.42 Å². The van der Waals surface area contributed by atoms with Crippen LogP contribution in [0, 0.1) is 0 Å². The lowest BCUT2D eigenvalue weighted by atomic mass is 10.1. The minimum absolute atomic E-state index is 0.0178. The fourth-order valence-corrected chi connectivity index (χ4v) is 2.69. The number of esters is 1. The highest BCUT2D eigenvalue weighted by Gasteiger charge is 2.32. The molecular weight excluding hydrogens is 312 g/mol. The number of rotatable bonds is 5. The van der Waals surface area contributed by atoms with Gasteiger partial charge in [-0.1, -0.05) is 6.07 Å². The van der Waals surface area contributed by atoms with Gasteiger partial charge in [0.2, 0.25) is 5.24 Å². The lowest BCUT2D eigenvalue weighted by Gasteiger charge is -2.13. The smallest absolute Gasteiger partial charge is 0.308 e. The van der Waals surface area contributed by atoms with Crippen LogP contribution in [0.1, 0.15) is 17.7 Å². The van der Waals surface area contributed by atoms with Crippen molar-refractivity contribution in [2.24, 2.45) is 0 Å². The first kappa shape index (κ1) is 16.4. The van der Waals surface area contributed by atoms with Crippen LogP contribution in [0.2, 0.25) is 0 Å². The van der Waals surface area contributed by atoms with Gasteiger partial charge < -0.3 is 9.47 Å². The molecule has 1 unspecified atom stereocenters. The van der Waals surface area contributed by atoms with Gasteiger partial charge in [0.05, 0.1) is 7.11 Å². The number of hydrogen-bond donors (Lipinski definition) is 1. The molecule has 0 aliphatic carbocycles. The van der Waals surface area contributed by atoms with Crippen molar-refractivity contribution in [1.29, 1.82) is 0 Å². The third-order valence-corrected chi connectivity index (χ3v) is 3.68. The molecule has 20 heavy (non-hydrogen) atoms. The van der Waals surface area contributed by atoms with Crippen LogP contribution in [0.25, 0.3) is 0 Å². The Bertz CT molecular complexity index is 638. The SMILES string of the molecule is COc1cc(C(C(=O)Cl)S(=O)(=O)O)ccc1OC(C)=O. The van der Waals surface area contributed by atoms with Crippen molar-refractivity contribution < 1.29 is 32.0 Å². The zero-order valence-corrected chi connectivity index (χ0v) is 12.1. The zero-order valence-electron chi connectivity index (χ0n) is 10.5. The Labute approximate surface area is 120 Å². The molecular formula is C11H11ClO7S. The summed E-state index contributed by atoms with van der Waals surface area (Å²) in [5.41, 5.74) is -0.111. The number of methoxy groups -OCH3 is 1. The van der Waals surface area contributed by atoms with E-state index in [2.05, 4.69) is 0 Å². The fourth-order valence-electron chi connectivity index (χ4n) is 1.51. The maximum absolute atomic E-state index is 11.2. The van der Waals surface area contributed by atoms with Gasteiger partial charge in [0, 0.05) is 6.92 Å². The summed E-state index contributed by atoms with van der Waals surface area (Å²) in [5, 5.41) is -3.21. The first-order valence-electron chi connectivity index (χ1n) is 5.18. The molecule has 1 aromatic rings. The van der Waals surface area contributed by atoms with E-state index in [1.807, 2.05) is 0 Å². The van der Waals surface area contributed by atoms with Crippen molar-refractivity contribution in [3.8, 4) is 11.5 Å². The Balaban J connectivity index is 3.33. The summed E-state index contributed by atoms with van der Waals surface area (Å²) < 4.78 is 41.1. The third-order valence-electron chi connectivity index (χ3n) is 2.25. The van der Waals surface area contributed by atoms with E-state index in [4.69, 9.17) is 25.6 Å². The Morgan fingerprint density at radius 1 is 1.30 bits per heavy atom. The van der Waals surface area contributed by atoms with Crippen LogP contribution in [0.15, 0.2) is 18.2 Å². The number of ether oxygens (including phenoxy) is 2. The van der Waals surface area contributed by atoms with Gasteiger partial charge in [0.25, 0.3) is 10.1 Å². The minimum atomic E-state index is -4.72. The van der Waals surface area contributed by atoms with E-state index in [0.29, 0.717) is 0 Å². The number of carbonyl (C=O) groups is 2. The molecule has 1 aromatic carbocycles. The fraction of sp³-hybridized carbons (Fsp3) is 0.273. The first-order chi connectivity index (χ1) is 9.16. The second kappa shape index (κ2) is 6.21. The van der Waals surface area contributed by atoms with Crippen molar-refractivity contribution in [2.45, 2.75) is 12.2 Å². The van der Waals surface area contributed by atoms with E-state index in [-0.39, 0.29) is 17.1 Å². The summed E-state index contributed by atoms with van der Waals surface area (Å²) in [7, 11) is -3.46. The minimum Gasteiger partial charge on any atom is -0.493 e. The summed E-state index contributed by atoms with van der Waals surface area (Å²) in [6.07, 6.45) is 0. The zero-order chi connectivity index (χ0) is 15.5. The summed E-state index contributed by atoms with van der Waals surface area (Å²) in [6.45, 7) is 1.18. The van der Waals surface area contributed by atoms with Gasteiger partial charge in [0.1, 0.15) is 0 Å². The molecule has 0 aliphatic heterocycles. The molecule has 1 N–H and O–H groups in total. The number of benzene rings is 1. The predicted molar refractivity (Wildman–Crippen MR) is 69.5 cm³/mol. The summed E-state index contributed by atoms with van der Waals surface area (Å²) in [5.74, 6) is -0.542. The lowest BCUT2D eigenvalue weighted by molar-refractivity contribution is -0.132. The largest absolute Gasteiger partial charge is 0.493 e. The summed E-state index contributed by atoms with van der Waals surface area (Å²) >= 11 is 5.18. The molecule has 0 spiro atoms. The highest BCUT2D eigenvalue weighted by atomic mass is 35.5. The normalized spacial score (nSPS) is 12.6. The maximum Gasteiger partial charge on any atom is 0.308 e. The quantitative estimate of drug-likeness (QED) is 0.377. The standard InChI is InChI=1S/C11H11ClO7S/c1-6(13)19-8-4-3-7(5-9(8)18-2)10(11(12)14)20(15,16)17/h3-5,10H,1-2H3,(H,15,16,17). The third kappa shape index (κ3) is 3.92. The molecule has 0 fully saturated rings. The summed E-state index contributed by atoms with van der Waals surface area (Å²) in [6, 6.07) is 3.55. The van der Waals surface area contributed by atoms with Gasteiger partial charge in [-0.25, -0.2) is 0 Å². The molecule has 1 atom stereocenters. The van der Waals surface area contributed by atoms with Crippen molar-refractivity contribution in [3.05, 3.63) is 23.8 Å². The first-order valence-corrected chi connectivity index (χ1v) is 7.07. The van der Waals surface area contributed by atoms with Gasteiger partial charge in [-0.15, -0.1) is 0 Å². The maximum atomic E-state index is 11.2. The molecule has 9 heteroatoms. The Hall–Kier alpha value is -1.64. The molecule has 0 aliphatic rings. The molecule has 0 heterocycles. The van der Waals surface area contributed by atoms with Crippen LogP contribution < -0.4 is 9.47 Å². The van der Waals surface area contributed by atoms with Crippen LogP contribution in [-0.4, -0.2) is 31.3 Å². The molecule has 0 aromatic heterocycles. The molecule has 0 saturated heterocycles. The predicted octanol–water partition coefficient (Wildman–Crippen LogP) is 1.31. The molecule has 0 saturated carbocycles. The van der Waals surface area contributed by atoms with E-state index >= 15 is 0 Å². The Kier molecular flexibility index (Phi) is 5.09. The Morgan fingerprint density at radius 3 is 2.30 bits per heavy atom. The van der Waals surface area contributed by atoms with Crippen molar-refractivity contribution in [1.82, 2.24) is 0 Å². The van der Waals surface area contributed by atoms with Crippen LogP contribution in [0.3, 0.4) is 0 Å². The molecule has 0 amide bonds. The van der Waals surface area contributed by atoms with Crippen LogP contribution in [-0.2, 0) is 19.7 Å². The number of carbonyl (C=O) groups excluding carboxylic acids is 2. The monoisotopic (exact) mass is 322 g/mol. The van der Waals surface area contributed by atoms with E-state index in [1.165, 1.54) is 26.2 Å².